The number of nitrogens with one attached hydrogen (secondary N) is 3. The molecule has 9 heteroatoms. The van der Waals surface area contributed by atoms with Gasteiger partial charge in [0, 0.05) is 48.2 Å². The Labute approximate surface area is 185 Å². The fraction of sp³-hybridized carbons (Fsp3) is 0.261. The molecule has 0 spiro atoms. The number of nitrogens with zero attached hydrogens (tertiary/aromatic N) is 3. The van der Waals surface area contributed by atoms with Crippen molar-refractivity contribution in [1.82, 2.24) is 20.3 Å². The molecule has 0 saturated heterocycles. The zero-order chi connectivity index (χ0) is 22.7. The number of aromatic nitrogens is 3. The van der Waals surface area contributed by atoms with Crippen LogP contribution in [-0.4, -0.2) is 46.3 Å². The first-order valence-corrected chi connectivity index (χ1v) is 10.3. The Hall–Kier alpha value is -4.01. The molecular formula is C23H24N6O3. The highest BCUT2D eigenvalue weighted by molar-refractivity contribution is 6.11. The summed E-state index contributed by atoms with van der Waals surface area (Å²) in [6, 6.07) is 5.72. The van der Waals surface area contributed by atoms with Gasteiger partial charge in [-0.15, -0.1) is 0 Å². The number of hydrogen-bond acceptors (Lipinski definition) is 7. The van der Waals surface area contributed by atoms with Gasteiger partial charge >= 0.3 is 0 Å². The lowest BCUT2D eigenvalue weighted by atomic mass is 9.82. The minimum absolute atomic E-state index is 0.217. The normalized spacial score (nSPS) is 17.3. The van der Waals surface area contributed by atoms with E-state index in [1.807, 2.05) is 31.2 Å². The average molecular weight is 432 g/mol. The van der Waals surface area contributed by atoms with Crippen LogP contribution >= 0.6 is 0 Å². The van der Waals surface area contributed by atoms with E-state index in [1.165, 1.54) is 0 Å². The van der Waals surface area contributed by atoms with Gasteiger partial charge in [-0.05, 0) is 43.2 Å². The topological polar surface area (TPSA) is 121 Å². The van der Waals surface area contributed by atoms with Gasteiger partial charge in [0.1, 0.15) is 0 Å². The molecule has 1 aliphatic carbocycles. The molecule has 1 aliphatic heterocycles. The summed E-state index contributed by atoms with van der Waals surface area (Å²) in [6.45, 7) is 8.70. The maximum Gasteiger partial charge on any atom is 0.290 e. The van der Waals surface area contributed by atoms with Crippen molar-refractivity contribution < 1.29 is 9.63 Å². The van der Waals surface area contributed by atoms with Crippen molar-refractivity contribution in [3.05, 3.63) is 81.2 Å². The molecule has 2 aromatic heterocycles. The van der Waals surface area contributed by atoms with Crippen LogP contribution in [0.5, 0.6) is 0 Å². The van der Waals surface area contributed by atoms with Gasteiger partial charge in [-0.1, -0.05) is 17.8 Å². The van der Waals surface area contributed by atoms with Crippen molar-refractivity contribution in [1.29, 1.82) is 0 Å². The van der Waals surface area contributed by atoms with Gasteiger partial charge in [-0.25, -0.2) is 4.98 Å². The number of H-pyrrole nitrogens is 1. The lowest BCUT2D eigenvalue weighted by Gasteiger charge is -2.25. The van der Waals surface area contributed by atoms with E-state index in [0.717, 1.165) is 28.1 Å². The zero-order valence-corrected chi connectivity index (χ0v) is 17.9. The number of anilines is 1. The first-order chi connectivity index (χ1) is 15.5. The van der Waals surface area contributed by atoms with Gasteiger partial charge in [0.2, 0.25) is 6.41 Å². The first-order valence-electron chi connectivity index (χ1n) is 10.3. The zero-order valence-electron chi connectivity index (χ0n) is 17.9. The third kappa shape index (κ3) is 4.09. The molecule has 1 unspecified atom stereocenters. The standard InChI is InChI=1S/C23H24N6O3/c1-13-16(11-24-12-30)10-18-20(14(2)29-32-18)19(13)21-15(3)27-23(31)22(28-21)26-9-7-17-6-4-5-8-25-17/h4-6,8,10,12,18H,1,7,9,11H2,2-3H3,(H,24,30)(H,26,28)(H,27,31). The molecule has 32 heavy (non-hydrogen) atoms. The lowest BCUT2D eigenvalue weighted by Crippen LogP contribution is -2.26. The largest absolute Gasteiger partial charge is 0.383 e. The third-order valence-corrected chi connectivity index (χ3v) is 5.40. The number of pyridine rings is 1. The fourth-order valence-corrected chi connectivity index (χ4v) is 3.83. The molecule has 4 rings (SSSR count). The van der Waals surface area contributed by atoms with E-state index in [-0.39, 0.29) is 11.4 Å². The second-order valence-corrected chi connectivity index (χ2v) is 7.55. The summed E-state index contributed by atoms with van der Waals surface area (Å²) in [4.78, 5) is 40.8. The van der Waals surface area contributed by atoms with Crippen molar-refractivity contribution in [3.63, 3.8) is 0 Å². The number of carbonyl (C=O) groups excluding carboxylic acids is 1. The fourth-order valence-electron chi connectivity index (χ4n) is 3.83. The summed E-state index contributed by atoms with van der Waals surface area (Å²) < 4.78 is 0. The average Bonchev–Trinajstić information content (AvgIpc) is 3.15. The highest BCUT2D eigenvalue weighted by atomic mass is 16.6. The quantitative estimate of drug-likeness (QED) is 0.548. The molecule has 0 radical (unpaired) electrons. The molecule has 3 N–H and O–H groups in total. The number of oxime groups is 1. The predicted octanol–water partition coefficient (Wildman–Crippen LogP) is 1.90. The molecule has 0 aromatic carbocycles. The highest BCUT2D eigenvalue weighted by Crippen LogP contribution is 2.40. The van der Waals surface area contributed by atoms with Crippen LogP contribution in [-0.2, 0) is 16.1 Å². The first kappa shape index (κ1) is 21.2. The van der Waals surface area contributed by atoms with Gasteiger partial charge < -0.3 is 20.5 Å². The van der Waals surface area contributed by atoms with E-state index >= 15 is 0 Å². The molecule has 3 heterocycles. The van der Waals surface area contributed by atoms with Gasteiger partial charge in [-0.3, -0.25) is 14.6 Å². The number of amides is 1. The van der Waals surface area contributed by atoms with Crippen LogP contribution < -0.4 is 16.2 Å². The monoisotopic (exact) mass is 432 g/mol. The van der Waals surface area contributed by atoms with Gasteiger partial charge in [0.15, 0.2) is 11.9 Å². The van der Waals surface area contributed by atoms with Crippen LogP contribution in [0.1, 0.15) is 24.0 Å². The molecule has 0 saturated carbocycles. The Morgan fingerprint density at radius 3 is 2.91 bits per heavy atom. The smallest absolute Gasteiger partial charge is 0.290 e. The number of carbonyl (C=O) groups is 1. The van der Waals surface area contributed by atoms with E-state index in [2.05, 4.69) is 37.3 Å². The Kier molecular flexibility index (Phi) is 5.98. The molecule has 1 atom stereocenters. The summed E-state index contributed by atoms with van der Waals surface area (Å²) in [5.74, 6) is 0.217. The van der Waals surface area contributed by atoms with Crippen molar-refractivity contribution in [2.24, 2.45) is 5.16 Å². The van der Waals surface area contributed by atoms with Crippen molar-refractivity contribution in [2.75, 3.05) is 18.4 Å². The number of hydrogen-bond donors (Lipinski definition) is 3. The number of fused-ring (bicyclic) bond motifs is 1. The molecule has 1 amide bonds. The van der Waals surface area contributed by atoms with Crippen LogP contribution in [0.3, 0.4) is 0 Å². The summed E-state index contributed by atoms with van der Waals surface area (Å²) in [7, 11) is 0. The Bertz CT molecular complexity index is 1210. The van der Waals surface area contributed by atoms with Crippen LogP contribution in [0.2, 0.25) is 0 Å². The summed E-state index contributed by atoms with van der Waals surface area (Å²) in [6.07, 6.45) is 4.52. The van der Waals surface area contributed by atoms with Crippen molar-refractivity contribution >= 4 is 23.5 Å². The van der Waals surface area contributed by atoms with Gasteiger partial charge in [-0.2, -0.15) is 0 Å². The molecule has 9 nitrogen and oxygen atoms in total. The summed E-state index contributed by atoms with van der Waals surface area (Å²) >= 11 is 0. The van der Waals surface area contributed by atoms with E-state index in [9.17, 15) is 9.59 Å². The van der Waals surface area contributed by atoms with Gasteiger partial charge in [0.25, 0.3) is 5.56 Å². The third-order valence-electron chi connectivity index (χ3n) is 5.40. The molecule has 0 fully saturated rings. The van der Waals surface area contributed by atoms with Crippen LogP contribution in [0, 0.1) is 6.92 Å². The minimum atomic E-state index is -0.396. The van der Waals surface area contributed by atoms with Crippen molar-refractivity contribution in [3.8, 4) is 0 Å². The highest BCUT2D eigenvalue weighted by Gasteiger charge is 2.35. The lowest BCUT2D eigenvalue weighted by molar-refractivity contribution is -0.109. The predicted molar refractivity (Wildman–Crippen MR) is 122 cm³/mol. The van der Waals surface area contributed by atoms with Crippen LogP contribution in [0.15, 0.2) is 63.7 Å². The van der Waals surface area contributed by atoms with Crippen LogP contribution in [0.4, 0.5) is 5.82 Å². The number of allylic oxidation sites excluding steroid dienone is 1. The molecule has 2 aliphatic rings. The van der Waals surface area contributed by atoms with Gasteiger partial charge in [0.05, 0.1) is 11.4 Å². The number of rotatable bonds is 8. The van der Waals surface area contributed by atoms with Crippen LogP contribution in [0.25, 0.3) is 5.57 Å². The SMILES string of the molecule is C=C1C(CNC=O)=CC2ON=C(C)C2=C1c1nc(NCCc2ccccn2)c(=O)[nH]c1C. The second kappa shape index (κ2) is 9.01. The summed E-state index contributed by atoms with van der Waals surface area (Å²) in [5.41, 5.74) is 5.65. The maximum atomic E-state index is 12.6. The second-order valence-electron chi connectivity index (χ2n) is 7.55. The molecular weight excluding hydrogens is 408 g/mol. The van der Waals surface area contributed by atoms with E-state index in [0.29, 0.717) is 42.9 Å². The number of aromatic amines is 1. The Morgan fingerprint density at radius 2 is 2.16 bits per heavy atom. The van der Waals surface area contributed by atoms with E-state index < -0.39 is 6.10 Å². The molecule has 164 valence electrons. The Morgan fingerprint density at radius 1 is 1.31 bits per heavy atom. The van der Waals surface area contributed by atoms with E-state index in [4.69, 9.17) is 4.84 Å². The van der Waals surface area contributed by atoms with E-state index in [1.54, 1.807) is 13.1 Å². The Balaban J connectivity index is 1.68. The van der Waals surface area contributed by atoms with Crippen molar-refractivity contribution in [2.45, 2.75) is 26.4 Å². The number of aryl methyl sites for hydroxylation is 1. The minimum Gasteiger partial charge on any atom is -0.383 e. The summed E-state index contributed by atoms with van der Waals surface area (Å²) in [5, 5.41) is 9.91. The molecule has 2 aromatic rings. The molecule has 0 bridgehead atoms. The maximum absolute atomic E-state index is 12.6.